The Morgan fingerprint density at radius 1 is 0.718 bits per heavy atom. The van der Waals surface area contributed by atoms with E-state index in [-0.39, 0.29) is 5.91 Å². The fourth-order valence-corrected chi connectivity index (χ4v) is 5.11. The topological polar surface area (TPSA) is 116 Å². The summed E-state index contributed by atoms with van der Waals surface area (Å²) >= 11 is 0. The summed E-state index contributed by atoms with van der Waals surface area (Å²) in [7, 11) is -4.69. The van der Waals surface area contributed by atoms with Crippen molar-refractivity contribution in [2.75, 3.05) is 6.61 Å². The van der Waals surface area contributed by atoms with Crippen molar-refractivity contribution < 1.29 is 28.8 Å². The Morgan fingerprint density at radius 3 is 1.56 bits per heavy atom. The quantitative estimate of drug-likeness (QED) is 0.0404. The Balaban J connectivity index is 4.07. The molecular formula is C31H62NO6P. The Labute approximate surface area is 240 Å². The van der Waals surface area contributed by atoms with Crippen molar-refractivity contribution in [1.82, 2.24) is 5.32 Å². The van der Waals surface area contributed by atoms with Crippen molar-refractivity contribution in [2.24, 2.45) is 0 Å². The first kappa shape index (κ1) is 38.3. The van der Waals surface area contributed by atoms with Crippen molar-refractivity contribution >= 4 is 13.7 Å². The van der Waals surface area contributed by atoms with Crippen LogP contribution in [0.5, 0.6) is 0 Å². The second kappa shape index (κ2) is 27.4. The molecule has 0 aromatic rings. The number of carbonyl (C=O) groups is 1. The number of rotatable bonds is 29. The van der Waals surface area contributed by atoms with Gasteiger partial charge in [-0.2, -0.15) is 0 Å². The Kier molecular flexibility index (Phi) is 26.9. The summed E-state index contributed by atoms with van der Waals surface area (Å²) in [4.78, 5) is 30.5. The minimum atomic E-state index is -4.69. The van der Waals surface area contributed by atoms with Gasteiger partial charge in [0.25, 0.3) is 0 Å². The van der Waals surface area contributed by atoms with Crippen molar-refractivity contribution in [2.45, 2.75) is 174 Å². The highest BCUT2D eigenvalue weighted by Crippen LogP contribution is 2.35. The molecule has 0 fully saturated rings. The molecule has 0 heterocycles. The molecule has 39 heavy (non-hydrogen) atoms. The molecule has 8 heteroatoms. The molecule has 0 unspecified atom stereocenters. The largest absolute Gasteiger partial charge is 0.469 e. The summed E-state index contributed by atoms with van der Waals surface area (Å²) in [5.74, 6) is -0.229. The van der Waals surface area contributed by atoms with E-state index in [4.69, 9.17) is 9.79 Å². The van der Waals surface area contributed by atoms with Crippen LogP contribution in [0.25, 0.3) is 0 Å². The molecule has 0 aromatic carbocycles. The smallest absolute Gasteiger partial charge is 0.387 e. The molecule has 0 aliphatic rings. The number of allylic oxidation sites excluding steroid dienone is 1. The van der Waals surface area contributed by atoms with E-state index in [1.807, 2.05) is 6.08 Å². The normalized spacial score (nSPS) is 13.7. The molecule has 7 nitrogen and oxygen atoms in total. The van der Waals surface area contributed by atoms with Crippen LogP contribution in [0.4, 0.5) is 0 Å². The van der Waals surface area contributed by atoms with Gasteiger partial charge in [0.15, 0.2) is 0 Å². The number of aliphatic hydroxyl groups is 1. The van der Waals surface area contributed by atoms with Crippen molar-refractivity contribution in [3.63, 3.8) is 0 Å². The lowest BCUT2D eigenvalue weighted by Gasteiger charge is -2.22. The minimum absolute atomic E-state index is 0.229. The monoisotopic (exact) mass is 575 g/mol. The van der Waals surface area contributed by atoms with Crippen LogP contribution >= 0.6 is 7.82 Å². The molecule has 0 aliphatic carbocycles. The van der Waals surface area contributed by atoms with Gasteiger partial charge in [-0.3, -0.25) is 9.32 Å². The van der Waals surface area contributed by atoms with Gasteiger partial charge in [0, 0.05) is 6.42 Å². The fraction of sp³-hybridized carbons (Fsp3) is 0.903. The summed E-state index contributed by atoms with van der Waals surface area (Å²) in [5, 5.41) is 13.2. The SMILES string of the molecule is CCCCCCCCC/C=C/[C@@H](O)[C@H](COP(=O)(O)O)NC(=O)CCCCCCCCCCCCCCCC. The predicted molar refractivity (Wildman–Crippen MR) is 163 cm³/mol. The van der Waals surface area contributed by atoms with Gasteiger partial charge in [0.1, 0.15) is 0 Å². The molecule has 0 rings (SSSR count). The average molecular weight is 576 g/mol. The van der Waals surface area contributed by atoms with Crippen molar-refractivity contribution in [3.05, 3.63) is 12.2 Å². The highest BCUT2D eigenvalue weighted by Gasteiger charge is 2.24. The van der Waals surface area contributed by atoms with Gasteiger partial charge in [-0.1, -0.05) is 148 Å². The van der Waals surface area contributed by atoms with Crippen molar-refractivity contribution in [1.29, 1.82) is 0 Å². The van der Waals surface area contributed by atoms with E-state index in [1.54, 1.807) is 6.08 Å². The Morgan fingerprint density at radius 2 is 1.13 bits per heavy atom. The lowest BCUT2D eigenvalue weighted by Crippen LogP contribution is -2.45. The second-order valence-corrected chi connectivity index (χ2v) is 12.4. The van der Waals surface area contributed by atoms with Gasteiger partial charge in [-0.25, -0.2) is 4.57 Å². The standard InChI is InChI=1S/C31H62NO6P/c1-3-5-7-9-11-13-14-15-16-17-19-21-23-25-27-31(34)32-29(28-38-39(35,36)37)30(33)26-24-22-20-18-12-10-8-6-4-2/h24,26,29-30,33H,3-23,25,27-28H2,1-2H3,(H,32,34)(H2,35,36,37)/b26-24+/t29-,30+/m0/s1. The lowest BCUT2D eigenvalue weighted by atomic mass is 10.0. The highest BCUT2D eigenvalue weighted by molar-refractivity contribution is 7.46. The number of hydrogen-bond acceptors (Lipinski definition) is 4. The first-order valence-electron chi connectivity index (χ1n) is 16.1. The molecule has 1 amide bonds. The Hall–Kier alpha value is -0.720. The predicted octanol–water partition coefficient (Wildman–Crippen LogP) is 8.51. The summed E-state index contributed by atoms with van der Waals surface area (Å²) < 4.78 is 15.7. The zero-order valence-corrected chi connectivity index (χ0v) is 26.2. The van der Waals surface area contributed by atoms with E-state index >= 15 is 0 Å². The molecule has 0 aromatic heterocycles. The van der Waals surface area contributed by atoms with Crippen LogP contribution in [0.2, 0.25) is 0 Å². The van der Waals surface area contributed by atoms with E-state index in [0.29, 0.717) is 6.42 Å². The summed E-state index contributed by atoms with van der Waals surface area (Å²) in [6.45, 7) is 4.01. The maximum Gasteiger partial charge on any atom is 0.469 e. The van der Waals surface area contributed by atoms with E-state index < -0.39 is 26.6 Å². The number of unbranched alkanes of at least 4 members (excludes halogenated alkanes) is 20. The van der Waals surface area contributed by atoms with Crippen LogP contribution < -0.4 is 5.32 Å². The van der Waals surface area contributed by atoms with Gasteiger partial charge in [-0.05, 0) is 19.3 Å². The van der Waals surface area contributed by atoms with E-state index in [2.05, 4.69) is 23.7 Å². The number of nitrogens with one attached hydrogen (secondary N) is 1. The van der Waals surface area contributed by atoms with Crippen LogP contribution in [-0.2, 0) is 13.9 Å². The van der Waals surface area contributed by atoms with Crippen LogP contribution in [0, 0.1) is 0 Å². The maximum atomic E-state index is 12.4. The third-order valence-electron chi connectivity index (χ3n) is 7.25. The molecule has 4 N–H and O–H groups in total. The van der Waals surface area contributed by atoms with E-state index in [9.17, 15) is 14.5 Å². The van der Waals surface area contributed by atoms with Gasteiger partial charge in [0.2, 0.25) is 5.91 Å². The summed E-state index contributed by atoms with van der Waals surface area (Å²) in [6.07, 6.45) is 29.5. The van der Waals surface area contributed by atoms with Crippen LogP contribution in [-0.4, -0.2) is 39.6 Å². The molecule has 2 atom stereocenters. The van der Waals surface area contributed by atoms with Crippen LogP contribution in [0.15, 0.2) is 12.2 Å². The molecule has 0 saturated carbocycles. The van der Waals surface area contributed by atoms with Gasteiger partial charge < -0.3 is 20.2 Å². The molecular weight excluding hydrogens is 513 g/mol. The third kappa shape index (κ3) is 28.6. The van der Waals surface area contributed by atoms with E-state index in [0.717, 1.165) is 38.5 Å². The Bertz CT molecular complexity index is 624. The third-order valence-corrected chi connectivity index (χ3v) is 7.73. The first-order chi connectivity index (χ1) is 18.8. The van der Waals surface area contributed by atoms with Gasteiger partial charge in [-0.15, -0.1) is 0 Å². The first-order valence-corrected chi connectivity index (χ1v) is 17.7. The summed E-state index contributed by atoms with van der Waals surface area (Å²) in [6, 6.07) is -0.901. The number of phosphoric acid groups is 1. The lowest BCUT2D eigenvalue weighted by molar-refractivity contribution is -0.123. The van der Waals surface area contributed by atoms with Crippen LogP contribution in [0.3, 0.4) is 0 Å². The molecule has 232 valence electrons. The second-order valence-electron chi connectivity index (χ2n) is 11.1. The molecule has 0 bridgehead atoms. The number of amides is 1. The zero-order chi connectivity index (χ0) is 29.0. The molecule has 0 spiro atoms. The van der Waals surface area contributed by atoms with E-state index in [1.165, 1.54) is 103 Å². The number of carbonyl (C=O) groups excluding carboxylic acids is 1. The number of hydrogen-bond donors (Lipinski definition) is 4. The average Bonchev–Trinajstić information content (AvgIpc) is 2.89. The van der Waals surface area contributed by atoms with Crippen molar-refractivity contribution in [3.8, 4) is 0 Å². The maximum absolute atomic E-state index is 12.4. The number of aliphatic hydroxyl groups excluding tert-OH is 1. The molecule has 0 aliphatic heterocycles. The number of phosphoric ester groups is 1. The highest BCUT2D eigenvalue weighted by atomic mass is 31.2. The molecule has 0 radical (unpaired) electrons. The minimum Gasteiger partial charge on any atom is -0.387 e. The van der Waals surface area contributed by atoms with Gasteiger partial charge in [0.05, 0.1) is 18.8 Å². The van der Waals surface area contributed by atoms with Gasteiger partial charge >= 0.3 is 7.82 Å². The van der Waals surface area contributed by atoms with Crippen LogP contribution in [0.1, 0.15) is 162 Å². The zero-order valence-electron chi connectivity index (χ0n) is 25.3. The summed E-state index contributed by atoms with van der Waals surface area (Å²) in [5.41, 5.74) is 0. The fourth-order valence-electron chi connectivity index (χ4n) is 4.75. The molecule has 0 saturated heterocycles.